The van der Waals surface area contributed by atoms with Gasteiger partial charge < -0.3 is 5.32 Å². The maximum Gasteiger partial charge on any atom is 0.277 e. The van der Waals surface area contributed by atoms with E-state index in [2.05, 4.69) is 21.2 Å². The van der Waals surface area contributed by atoms with Crippen molar-refractivity contribution in [2.24, 2.45) is 0 Å². The number of hydrogen-bond donors (Lipinski definition) is 1. The van der Waals surface area contributed by atoms with Crippen molar-refractivity contribution < 1.29 is 14.4 Å². The lowest BCUT2D eigenvalue weighted by molar-refractivity contribution is -0.152. The number of imide groups is 1. The summed E-state index contributed by atoms with van der Waals surface area (Å²) in [4.78, 5) is 38.6. The van der Waals surface area contributed by atoms with Gasteiger partial charge in [-0.1, -0.05) is 64.5 Å². The van der Waals surface area contributed by atoms with E-state index >= 15 is 0 Å². The Morgan fingerprint density at radius 1 is 1.12 bits per heavy atom. The molecule has 26 heavy (non-hydrogen) atoms. The van der Waals surface area contributed by atoms with Crippen LogP contribution in [0.25, 0.3) is 6.08 Å². The molecule has 0 bridgehead atoms. The Morgan fingerprint density at radius 3 is 2.42 bits per heavy atom. The van der Waals surface area contributed by atoms with E-state index < -0.39 is 17.9 Å². The third-order valence-corrected chi connectivity index (χ3v) is 4.86. The third-order valence-electron chi connectivity index (χ3n) is 4.14. The minimum atomic E-state index is -0.862. The van der Waals surface area contributed by atoms with Crippen molar-refractivity contribution in [3.05, 3.63) is 75.9 Å². The SMILES string of the molecule is CC(=O)N1C(=O)/C(=C\c2ccccc2Br)NC(=O)C1Cc1ccccc1. The summed E-state index contributed by atoms with van der Waals surface area (Å²) in [5.74, 6) is -1.33. The number of hydrogen-bond acceptors (Lipinski definition) is 3. The summed E-state index contributed by atoms with van der Waals surface area (Å²) in [7, 11) is 0. The van der Waals surface area contributed by atoms with E-state index in [9.17, 15) is 14.4 Å². The molecule has 1 fully saturated rings. The highest BCUT2D eigenvalue weighted by Gasteiger charge is 2.40. The molecule has 3 amide bonds. The maximum absolute atomic E-state index is 12.8. The number of carbonyl (C=O) groups excluding carboxylic acids is 3. The second-order valence-electron chi connectivity index (χ2n) is 5.97. The molecule has 2 aromatic carbocycles. The second kappa shape index (κ2) is 7.66. The van der Waals surface area contributed by atoms with Crippen LogP contribution in [0.1, 0.15) is 18.1 Å². The van der Waals surface area contributed by atoms with E-state index in [-0.39, 0.29) is 18.0 Å². The molecule has 1 aliphatic rings. The summed E-state index contributed by atoms with van der Waals surface area (Å²) >= 11 is 3.41. The molecule has 0 aliphatic carbocycles. The van der Waals surface area contributed by atoms with Gasteiger partial charge in [0.15, 0.2) is 0 Å². The Bertz CT molecular complexity index is 893. The molecule has 1 saturated heterocycles. The molecule has 5 nitrogen and oxygen atoms in total. The quantitative estimate of drug-likeness (QED) is 0.788. The number of nitrogens with one attached hydrogen (secondary N) is 1. The Kier molecular flexibility index (Phi) is 5.32. The highest BCUT2D eigenvalue weighted by Crippen LogP contribution is 2.22. The van der Waals surface area contributed by atoms with Crippen LogP contribution in [0.4, 0.5) is 0 Å². The monoisotopic (exact) mass is 412 g/mol. The van der Waals surface area contributed by atoms with Gasteiger partial charge in [0.25, 0.3) is 5.91 Å². The van der Waals surface area contributed by atoms with Gasteiger partial charge in [-0.05, 0) is 23.3 Å². The summed E-state index contributed by atoms with van der Waals surface area (Å²) in [5, 5.41) is 2.65. The molecule has 1 aliphatic heterocycles. The molecule has 0 radical (unpaired) electrons. The Labute approximate surface area is 159 Å². The zero-order chi connectivity index (χ0) is 18.7. The molecule has 3 rings (SSSR count). The van der Waals surface area contributed by atoms with Gasteiger partial charge in [0, 0.05) is 17.8 Å². The topological polar surface area (TPSA) is 66.5 Å². The van der Waals surface area contributed by atoms with Crippen LogP contribution in [-0.2, 0) is 20.8 Å². The first kappa shape index (κ1) is 18.1. The fourth-order valence-electron chi connectivity index (χ4n) is 2.89. The van der Waals surface area contributed by atoms with Gasteiger partial charge in [-0.3, -0.25) is 19.3 Å². The molecule has 0 aromatic heterocycles. The minimum Gasteiger partial charge on any atom is -0.320 e. The smallest absolute Gasteiger partial charge is 0.277 e. The Morgan fingerprint density at radius 2 is 1.77 bits per heavy atom. The van der Waals surface area contributed by atoms with Crippen LogP contribution in [0, 0.1) is 0 Å². The number of nitrogens with zero attached hydrogens (tertiary/aromatic N) is 1. The molecule has 132 valence electrons. The fourth-order valence-corrected chi connectivity index (χ4v) is 3.29. The molecule has 1 N–H and O–H groups in total. The van der Waals surface area contributed by atoms with Crippen LogP contribution in [0.3, 0.4) is 0 Å². The number of carbonyl (C=O) groups is 3. The largest absolute Gasteiger partial charge is 0.320 e. The zero-order valence-electron chi connectivity index (χ0n) is 14.1. The van der Waals surface area contributed by atoms with Crippen LogP contribution in [0.2, 0.25) is 0 Å². The van der Waals surface area contributed by atoms with E-state index in [1.165, 1.54) is 6.92 Å². The zero-order valence-corrected chi connectivity index (χ0v) is 15.7. The van der Waals surface area contributed by atoms with Crippen molar-refractivity contribution in [1.29, 1.82) is 0 Å². The molecule has 2 aromatic rings. The van der Waals surface area contributed by atoms with Gasteiger partial charge in [0.2, 0.25) is 11.8 Å². The lowest BCUT2D eigenvalue weighted by Crippen LogP contribution is -2.59. The highest BCUT2D eigenvalue weighted by atomic mass is 79.9. The molecular weight excluding hydrogens is 396 g/mol. The van der Waals surface area contributed by atoms with Crippen molar-refractivity contribution in [1.82, 2.24) is 10.2 Å². The average molecular weight is 413 g/mol. The predicted molar refractivity (Wildman–Crippen MR) is 102 cm³/mol. The Balaban J connectivity index is 1.93. The summed E-state index contributed by atoms with van der Waals surface area (Å²) in [6.45, 7) is 1.30. The Hall–Kier alpha value is -2.73. The van der Waals surface area contributed by atoms with Crippen LogP contribution in [-0.4, -0.2) is 28.7 Å². The summed E-state index contributed by atoms with van der Waals surface area (Å²) in [5.41, 5.74) is 1.70. The van der Waals surface area contributed by atoms with Gasteiger partial charge in [-0.25, -0.2) is 0 Å². The number of piperazine rings is 1. The summed E-state index contributed by atoms with van der Waals surface area (Å²) in [6.07, 6.45) is 1.85. The molecule has 6 heteroatoms. The van der Waals surface area contributed by atoms with Crippen molar-refractivity contribution in [2.75, 3.05) is 0 Å². The molecule has 1 heterocycles. The number of amides is 3. The standard InChI is InChI=1S/C20H17BrN2O3/c1-13(24)23-18(11-14-7-3-2-4-8-14)19(25)22-17(20(23)26)12-15-9-5-6-10-16(15)21/h2-10,12,18H,11H2,1H3,(H,22,25)/b17-12+. The minimum absolute atomic E-state index is 0.0846. The van der Waals surface area contributed by atoms with Gasteiger partial charge in [0.05, 0.1) is 0 Å². The fraction of sp³-hybridized carbons (Fsp3) is 0.150. The first-order chi connectivity index (χ1) is 12.5. The summed E-state index contributed by atoms with van der Waals surface area (Å²) < 4.78 is 0.787. The van der Waals surface area contributed by atoms with Gasteiger partial charge in [-0.2, -0.15) is 0 Å². The molecule has 1 unspecified atom stereocenters. The van der Waals surface area contributed by atoms with Crippen LogP contribution in [0.15, 0.2) is 64.8 Å². The first-order valence-corrected chi connectivity index (χ1v) is 8.92. The van der Waals surface area contributed by atoms with Crippen molar-refractivity contribution in [3.63, 3.8) is 0 Å². The molecule has 1 atom stereocenters. The van der Waals surface area contributed by atoms with E-state index in [1.807, 2.05) is 54.6 Å². The van der Waals surface area contributed by atoms with E-state index in [4.69, 9.17) is 0 Å². The van der Waals surface area contributed by atoms with Crippen molar-refractivity contribution >= 4 is 39.7 Å². The highest BCUT2D eigenvalue weighted by molar-refractivity contribution is 9.10. The van der Waals surface area contributed by atoms with E-state index in [0.717, 1.165) is 20.5 Å². The molecular formula is C20H17BrN2O3. The van der Waals surface area contributed by atoms with Crippen LogP contribution < -0.4 is 5.32 Å². The predicted octanol–water partition coefficient (Wildman–Crippen LogP) is 2.91. The van der Waals surface area contributed by atoms with E-state index in [0.29, 0.717) is 0 Å². The second-order valence-corrected chi connectivity index (χ2v) is 6.82. The van der Waals surface area contributed by atoms with Gasteiger partial charge >= 0.3 is 0 Å². The lowest BCUT2D eigenvalue weighted by atomic mass is 10.0. The lowest BCUT2D eigenvalue weighted by Gasteiger charge is -2.34. The first-order valence-electron chi connectivity index (χ1n) is 8.12. The summed E-state index contributed by atoms with van der Waals surface area (Å²) in [6, 6.07) is 15.8. The average Bonchev–Trinajstić information content (AvgIpc) is 2.62. The molecule has 0 saturated carbocycles. The van der Waals surface area contributed by atoms with Crippen LogP contribution >= 0.6 is 15.9 Å². The number of halogens is 1. The molecule has 0 spiro atoms. The van der Waals surface area contributed by atoms with Crippen LogP contribution in [0.5, 0.6) is 0 Å². The number of rotatable bonds is 3. The maximum atomic E-state index is 12.8. The van der Waals surface area contributed by atoms with Crippen molar-refractivity contribution in [3.8, 4) is 0 Å². The third kappa shape index (κ3) is 3.75. The van der Waals surface area contributed by atoms with E-state index in [1.54, 1.807) is 6.08 Å². The normalized spacial score (nSPS) is 18.8. The van der Waals surface area contributed by atoms with Gasteiger partial charge in [0.1, 0.15) is 11.7 Å². The van der Waals surface area contributed by atoms with Gasteiger partial charge in [-0.15, -0.1) is 0 Å². The van der Waals surface area contributed by atoms with Crippen molar-refractivity contribution in [2.45, 2.75) is 19.4 Å². The number of benzene rings is 2.